The van der Waals surface area contributed by atoms with Crippen LogP contribution in [0.5, 0.6) is 11.5 Å². The van der Waals surface area contributed by atoms with E-state index in [0.29, 0.717) is 5.75 Å². The zero-order valence-corrected chi connectivity index (χ0v) is 12.5. The van der Waals surface area contributed by atoms with Crippen LogP contribution in [0.4, 0.5) is 0 Å². The van der Waals surface area contributed by atoms with E-state index in [4.69, 9.17) is 4.74 Å². The number of phenolic OH excluding ortho intramolecular Hbond substituents is 1. The molecule has 0 bridgehead atoms. The monoisotopic (exact) mass is 271 g/mol. The van der Waals surface area contributed by atoms with Crippen molar-refractivity contribution in [3.8, 4) is 22.6 Å². The predicted octanol–water partition coefficient (Wildman–Crippen LogP) is 3.44. The van der Waals surface area contributed by atoms with Crippen molar-refractivity contribution < 1.29 is 9.84 Å². The Morgan fingerprint density at radius 3 is 2.50 bits per heavy atom. The summed E-state index contributed by atoms with van der Waals surface area (Å²) in [5.74, 6) is 0.710. The van der Waals surface area contributed by atoms with Gasteiger partial charge in [-0.3, -0.25) is 0 Å². The van der Waals surface area contributed by atoms with E-state index in [2.05, 4.69) is 11.0 Å². The fraction of sp³-hybridized carbons (Fsp3) is 0.294. The van der Waals surface area contributed by atoms with Crippen LogP contribution in [-0.4, -0.2) is 31.2 Å². The molecular weight excluding hydrogens is 250 g/mol. The second-order valence-electron chi connectivity index (χ2n) is 5.26. The highest BCUT2D eigenvalue weighted by atomic mass is 16.5. The maximum absolute atomic E-state index is 10.5. The van der Waals surface area contributed by atoms with Crippen LogP contribution in [0, 0.1) is 6.92 Å². The van der Waals surface area contributed by atoms with Gasteiger partial charge in [0.25, 0.3) is 0 Å². The summed E-state index contributed by atoms with van der Waals surface area (Å²) >= 11 is 0. The number of ether oxygens (including phenoxy) is 1. The zero-order chi connectivity index (χ0) is 14.7. The third-order valence-corrected chi connectivity index (χ3v) is 3.24. The second-order valence-corrected chi connectivity index (χ2v) is 5.26. The Labute approximate surface area is 120 Å². The van der Waals surface area contributed by atoms with Gasteiger partial charge in [-0.2, -0.15) is 0 Å². The molecule has 2 rings (SSSR count). The molecular formula is C17H21NO2. The largest absolute Gasteiger partial charge is 0.504 e. The number of nitrogens with zero attached hydrogens (tertiary/aromatic N) is 1. The molecule has 3 nitrogen and oxygen atoms in total. The molecule has 0 aliphatic rings. The summed E-state index contributed by atoms with van der Waals surface area (Å²) < 4.78 is 5.23. The number of methoxy groups -OCH3 is 1. The fourth-order valence-corrected chi connectivity index (χ4v) is 2.37. The van der Waals surface area contributed by atoms with Gasteiger partial charge in [-0.1, -0.05) is 35.9 Å². The second kappa shape index (κ2) is 5.97. The molecule has 0 saturated carbocycles. The normalized spacial score (nSPS) is 10.8. The summed E-state index contributed by atoms with van der Waals surface area (Å²) in [4.78, 5) is 2.08. The third-order valence-electron chi connectivity index (χ3n) is 3.24. The van der Waals surface area contributed by atoms with Gasteiger partial charge < -0.3 is 14.7 Å². The Hall–Kier alpha value is -2.00. The summed E-state index contributed by atoms with van der Waals surface area (Å²) in [7, 11) is 5.60. The van der Waals surface area contributed by atoms with Gasteiger partial charge in [0.05, 0.1) is 7.11 Å². The molecule has 2 aromatic rings. The predicted molar refractivity (Wildman–Crippen MR) is 82.2 cm³/mol. The standard InChI is InChI=1S/C17H21NO2/c1-12-6-5-7-13(10-12)16-14(11-18(2)3)8-9-15(20-4)17(16)19/h5-10,19H,11H2,1-4H3. The highest BCUT2D eigenvalue weighted by Crippen LogP contribution is 2.40. The van der Waals surface area contributed by atoms with Gasteiger partial charge in [0.15, 0.2) is 11.5 Å². The summed E-state index contributed by atoms with van der Waals surface area (Å²) in [5, 5.41) is 10.5. The first-order valence-electron chi connectivity index (χ1n) is 6.63. The zero-order valence-electron chi connectivity index (χ0n) is 12.5. The molecule has 1 N–H and O–H groups in total. The number of aromatic hydroxyl groups is 1. The minimum Gasteiger partial charge on any atom is -0.504 e. The number of rotatable bonds is 4. The van der Waals surface area contributed by atoms with Crippen molar-refractivity contribution in [3.05, 3.63) is 47.5 Å². The molecule has 0 aliphatic carbocycles. The molecule has 0 fully saturated rings. The van der Waals surface area contributed by atoms with E-state index in [1.807, 2.05) is 51.4 Å². The Balaban J connectivity index is 2.63. The van der Waals surface area contributed by atoms with E-state index < -0.39 is 0 Å². The molecule has 0 atom stereocenters. The van der Waals surface area contributed by atoms with Crippen molar-refractivity contribution in [2.24, 2.45) is 0 Å². The SMILES string of the molecule is COc1ccc(CN(C)C)c(-c2cccc(C)c2)c1O. The highest BCUT2D eigenvalue weighted by molar-refractivity contribution is 5.77. The van der Waals surface area contributed by atoms with Crippen molar-refractivity contribution in [2.45, 2.75) is 13.5 Å². The van der Waals surface area contributed by atoms with Gasteiger partial charge in [-0.15, -0.1) is 0 Å². The first kappa shape index (κ1) is 14.4. The maximum atomic E-state index is 10.5. The molecule has 106 valence electrons. The summed E-state index contributed by atoms with van der Waals surface area (Å²) in [6.07, 6.45) is 0. The minimum atomic E-state index is 0.206. The van der Waals surface area contributed by atoms with Crippen molar-refractivity contribution in [1.82, 2.24) is 4.90 Å². The first-order valence-corrected chi connectivity index (χ1v) is 6.63. The summed E-state index contributed by atoms with van der Waals surface area (Å²) in [5.41, 5.74) is 4.11. The lowest BCUT2D eigenvalue weighted by atomic mass is 9.96. The first-order chi connectivity index (χ1) is 9.52. The van der Waals surface area contributed by atoms with Crippen LogP contribution in [-0.2, 0) is 6.54 Å². The Morgan fingerprint density at radius 2 is 1.90 bits per heavy atom. The molecule has 0 amide bonds. The lowest BCUT2D eigenvalue weighted by Gasteiger charge is -2.17. The van der Waals surface area contributed by atoms with E-state index in [9.17, 15) is 5.11 Å². The number of phenols is 1. The van der Waals surface area contributed by atoms with E-state index in [1.165, 1.54) is 5.56 Å². The number of hydrogen-bond donors (Lipinski definition) is 1. The average Bonchev–Trinajstić information content (AvgIpc) is 2.38. The van der Waals surface area contributed by atoms with E-state index in [-0.39, 0.29) is 5.75 Å². The van der Waals surface area contributed by atoms with Gasteiger partial charge >= 0.3 is 0 Å². The topological polar surface area (TPSA) is 32.7 Å². The fourth-order valence-electron chi connectivity index (χ4n) is 2.37. The summed E-state index contributed by atoms with van der Waals surface area (Å²) in [6, 6.07) is 12.0. The van der Waals surface area contributed by atoms with Crippen molar-refractivity contribution in [3.63, 3.8) is 0 Å². The number of hydrogen-bond acceptors (Lipinski definition) is 3. The Bertz CT molecular complexity index is 606. The summed E-state index contributed by atoms with van der Waals surface area (Å²) in [6.45, 7) is 2.81. The molecule has 0 saturated heterocycles. The Kier molecular flexibility index (Phi) is 4.30. The molecule has 0 aliphatic heterocycles. The van der Waals surface area contributed by atoms with Crippen LogP contribution in [0.25, 0.3) is 11.1 Å². The molecule has 2 aromatic carbocycles. The molecule has 0 unspecified atom stereocenters. The van der Waals surface area contributed by atoms with Crippen molar-refractivity contribution >= 4 is 0 Å². The smallest absolute Gasteiger partial charge is 0.165 e. The van der Waals surface area contributed by atoms with Crippen LogP contribution in [0.15, 0.2) is 36.4 Å². The number of aryl methyl sites for hydroxylation is 1. The van der Waals surface area contributed by atoms with E-state index in [0.717, 1.165) is 23.2 Å². The average molecular weight is 271 g/mol. The van der Waals surface area contributed by atoms with Gasteiger partial charge in [-0.05, 0) is 38.2 Å². The molecule has 0 aromatic heterocycles. The van der Waals surface area contributed by atoms with Crippen molar-refractivity contribution in [1.29, 1.82) is 0 Å². The van der Waals surface area contributed by atoms with Crippen molar-refractivity contribution in [2.75, 3.05) is 21.2 Å². The molecule has 0 spiro atoms. The molecule has 0 heterocycles. The van der Waals surface area contributed by atoms with Gasteiger partial charge in [0.1, 0.15) is 0 Å². The third kappa shape index (κ3) is 2.94. The van der Waals surface area contributed by atoms with Crippen LogP contribution >= 0.6 is 0 Å². The minimum absolute atomic E-state index is 0.206. The van der Waals surface area contributed by atoms with E-state index in [1.54, 1.807) is 7.11 Å². The van der Waals surface area contributed by atoms with Gasteiger partial charge in [0, 0.05) is 12.1 Å². The van der Waals surface area contributed by atoms with Crippen LogP contribution in [0.3, 0.4) is 0 Å². The van der Waals surface area contributed by atoms with Gasteiger partial charge in [-0.25, -0.2) is 0 Å². The van der Waals surface area contributed by atoms with Gasteiger partial charge in [0.2, 0.25) is 0 Å². The quantitative estimate of drug-likeness (QED) is 0.924. The van der Waals surface area contributed by atoms with Crippen LogP contribution in [0.2, 0.25) is 0 Å². The van der Waals surface area contributed by atoms with Crippen LogP contribution in [0.1, 0.15) is 11.1 Å². The maximum Gasteiger partial charge on any atom is 0.165 e. The lowest BCUT2D eigenvalue weighted by Crippen LogP contribution is -2.11. The highest BCUT2D eigenvalue weighted by Gasteiger charge is 2.15. The lowest BCUT2D eigenvalue weighted by molar-refractivity contribution is 0.371. The van der Waals surface area contributed by atoms with E-state index >= 15 is 0 Å². The number of benzene rings is 2. The molecule has 3 heteroatoms. The molecule has 20 heavy (non-hydrogen) atoms. The van der Waals surface area contributed by atoms with Crippen LogP contribution < -0.4 is 4.74 Å². The Morgan fingerprint density at radius 1 is 1.15 bits per heavy atom. The molecule has 0 radical (unpaired) electrons.